The highest BCUT2D eigenvalue weighted by Crippen LogP contribution is 2.37. The molecule has 1 amide bonds. The van der Waals surface area contributed by atoms with Gasteiger partial charge in [-0.15, -0.1) is 11.3 Å². The van der Waals surface area contributed by atoms with Crippen LogP contribution in [0.15, 0.2) is 5.51 Å². The summed E-state index contributed by atoms with van der Waals surface area (Å²) < 4.78 is 11.9. The van der Waals surface area contributed by atoms with Gasteiger partial charge in [0.25, 0.3) is 5.91 Å². The van der Waals surface area contributed by atoms with Crippen LogP contribution in [0.4, 0.5) is 0 Å². The Morgan fingerprint density at radius 3 is 3.00 bits per heavy atom. The molecule has 1 aromatic heterocycles. The average molecular weight is 296 g/mol. The van der Waals surface area contributed by atoms with Crippen LogP contribution in [0, 0.1) is 6.92 Å². The van der Waals surface area contributed by atoms with E-state index in [1.165, 1.54) is 30.6 Å². The number of nitrogens with zero attached hydrogens (tertiary/aromatic N) is 1. The first-order valence-corrected chi connectivity index (χ1v) is 8.07. The standard InChI is InChI=1S/C14H20N2O3S/c1-10-12(20-9-16-10)13(17)15-7-11-8-18-14(19-11)5-3-2-4-6-14/h9,11H,2-8H2,1H3,(H,15,17)/t11-/m0/s1. The lowest BCUT2D eigenvalue weighted by molar-refractivity contribution is -0.186. The molecule has 2 aliphatic rings. The van der Waals surface area contributed by atoms with E-state index >= 15 is 0 Å². The van der Waals surface area contributed by atoms with Gasteiger partial charge >= 0.3 is 0 Å². The van der Waals surface area contributed by atoms with E-state index in [0.29, 0.717) is 18.0 Å². The van der Waals surface area contributed by atoms with Crippen molar-refractivity contribution in [2.45, 2.75) is 50.9 Å². The van der Waals surface area contributed by atoms with Crippen molar-refractivity contribution in [2.24, 2.45) is 0 Å². The van der Waals surface area contributed by atoms with E-state index in [9.17, 15) is 4.79 Å². The van der Waals surface area contributed by atoms with E-state index < -0.39 is 0 Å². The fraction of sp³-hybridized carbons (Fsp3) is 0.714. The summed E-state index contributed by atoms with van der Waals surface area (Å²) in [6.07, 6.45) is 5.51. The zero-order valence-corrected chi connectivity index (χ0v) is 12.5. The Labute approximate surface area is 122 Å². The summed E-state index contributed by atoms with van der Waals surface area (Å²) in [5, 5.41) is 2.92. The maximum absolute atomic E-state index is 12.0. The Bertz CT molecular complexity index is 483. The van der Waals surface area contributed by atoms with Crippen molar-refractivity contribution in [2.75, 3.05) is 13.2 Å². The van der Waals surface area contributed by atoms with Crippen molar-refractivity contribution in [3.05, 3.63) is 16.1 Å². The van der Waals surface area contributed by atoms with Gasteiger partial charge in [-0.05, 0) is 19.8 Å². The normalized spacial score (nSPS) is 24.9. The maximum Gasteiger partial charge on any atom is 0.263 e. The maximum atomic E-state index is 12.0. The van der Waals surface area contributed by atoms with Gasteiger partial charge in [0.05, 0.1) is 17.8 Å². The smallest absolute Gasteiger partial charge is 0.263 e. The zero-order valence-electron chi connectivity index (χ0n) is 11.7. The van der Waals surface area contributed by atoms with Crippen molar-refractivity contribution in [1.82, 2.24) is 10.3 Å². The van der Waals surface area contributed by atoms with Gasteiger partial charge in [-0.25, -0.2) is 4.98 Å². The van der Waals surface area contributed by atoms with Crippen molar-refractivity contribution in [3.63, 3.8) is 0 Å². The third-order valence-corrected chi connectivity index (χ3v) is 4.90. The zero-order chi connectivity index (χ0) is 14.0. The lowest BCUT2D eigenvalue weighted by atomic mass is 9.94. The molecule has 1 aliphatic carbocycles. The van der Waals surface area contributed by atoms with Gasteiger partial charge in [0.2, 0.25) is 0 Å². The van der Waals surface area contributed by atoms with Crippen LogP contribution in [-0.4, -0.2) is 35.9 Å². The summed E-state index contributed by atoms with van der Waals surface area (Å²) in [5.74, 6) is -0.438. The molecule has 5 nitrogen and oxygen atoms in total. The first-order valence-electron chi connectivity index (χ1n) is 7.19. The molecule has 1 saturated heterocycles. The molecule has 20 heavy (non-hydrogen) atoms. The van der Waals surface area contributed by atoms with Crippen LogP contribution in [-0.2, 0) is 9.47 Å². The van der Waals surface area contributed by atoms with Gasteiger partial charge < -0.3 is 14.8 Å². The summed E-state index contributed by atoms with van der Waals surface area (Å²) in [5.41, 5.74) is 2.47. The minimum absolute atomic E-state index is 0.0368. The van der Waals surface area contributed by atoms with Crippen molar-refractivity contribution < 1.29 is 14.3 Å². The number of hydrogen-bond acceptors (Lipinski definition) is 5. The number of carbonyl (C=O) groups excluding carboxylic acids is 1. The quantitative estimate of drug-likeness (QED) is 0.929. The van der Waals surface area contributed by atoms with E-state index in [4.69, 9.17) is 9.47 Å². The number of thiazole rings is 1. The molecule has 0 radical (unpaired) electrons. The highest BCUT2D eigenvalue weighted by molar-refractivity contribution is 7.11. The summed E-state index contributed by atoms with van der Waals surface area (Å²) in [7, 11) is 0. The lowest BCUT2D eigenvalue weighted by Gasteiger charge is -2.31. The average Bonchev–Trinajstić information content (AvgIpc) is 3.04. The first-order chi connectivity index (χ1) is 9.69. The third-order valence-electron chi connectivity index (χ3n) is 3.97. The van der Waals surface area contributed by atoms with Crippen LogP contribution in [0.1, 0.15) is 47.5 Å². The number of nitrogens with one attached hydrogen (secondary N) is 1. The third kappa shape index (κ3) is 2.87. The van der Waals surface area contributed by atoms with Crippen molar-refractivity contribution in [1.29, 1.82) is 0 Å². The number of aromatic nitrogens is 1. The minimum atomic E-state index is -0.367. The number of ether oxygens (including phenoxy) is 2. The molecule has 1 atom stereocenters. The van der Waals surface area contributed by atoms with Crippen LogP contribution in [0.3, 0.4) is 0 Å². The number of rotatable bonds is 3. The molecule has 1 spiro atoms. The molecular formula is C14H20N2O3S. The largest absolute Gasteiger partial charge is 0.349 e. The molecule has 2 heterocycles. The number of aryl methyl sites for hydroxylation is 1. The number of hydrogen-bond donors (Lipinski definition) is 1. The van der Waals surface area contributed by atoms with Crippen LogP contribution < -0.4 is 5.32 Å². The van der Waals surface area contributed by atoms with Gasteiger partial charge in [0.15, 0.2) is 5.79 Å². The van der Waals surface area contributed by atoms with Gasteiger partial charge in [0, 0.05) is 19.4 Å². The second-order valence-electron chi connectivity index (χ2n) is 5.50. The fourth-order valence-electron chi connectivity index (χ4n) is 2.88. The Morgan fingerprint density at radius 2 is 2.30 bits per heavy atom. The first kappa shape index (κ1) is 14.0. The molecule has 110 valence electrons. The second kappa shape index (κ2) is 5.79. The predicted molar refractivity (Wildman–Crippen MR) is 75.8 cm³/mol. The molecule has 1 saturated carbocycles. The molecule has 1 aliphatic heterocycles. The van der Waals surface area contributed by atoms with Crippen molar-refractivity contribution in [3.8, 4) is 0 Å². The molecule has 3 rings (SSSR count). The van der Waals surface area contributed by atoms with Crippen molar-refractivity contribution >= 4 is 17.2 Å². The van der Waals surface area contributed by atoms with Gasteiger partial charge in [-0.1, -0.05) is 6.42 Å². The van der Waals surface area contributed by atoms with Crippen LogP contribution >= 0.6 is 11.3 Å². The highest BCUT2D eigenvalue weighted by atomic mass is 32.1. The van der Waals surface area contributed by atoms with Gasteiger partial charge in [0.1, 0.15) is 11.0 Å². The van der Waals surface area contributed by atoms with Crippen LogP contribution in [0.2, 0.25) is 0 Å². The van der Waals surface area contributed by atoms with E-state index in [-0.39, 0.29) is 17.8 Å². The Hall–Kier alpha value is -0.980. The topological polar surface area (TPSA) is 60.5 Å². The summed E-state index contributed by atoms with van der Waals surface area (Å²) >= 11 is 1.37. The molecule has 1 aromatic rings. The van der Waals surface area contributed by atoms with Crippen LogP contribution in [0.5, 0.6) is 0 Å². The second-order valence-corrected chi connectivity index (χ2v) is 6.35. The molecule has 6 heteroatoms. The minimum Gasteiger partial charge on any atom is -0.349 e. The van der Waals surface area contributed by atoms with Gasteiger partial charge in [-0.3, -0.25) is 4.79 Å². The Balaban J connectivity index is 1.50. The van der Waals surface area contributed by atoms with E-state index in [2.05, 4.69) is 10.3 Å². The van der Waals surface area contributed by atoms with E-state index in [1.807, 2.05) is 6.92 Å². The number of amides is 1. The van der Waals surface area contributed by atoms with E-state index in [0.717, 1.165) is 18.5 Å². The SMILES string of the molecule is Cc1ncsc1C(=O)NC[C@H]1COC2(CCCCC2)O1. The molecule has 0 bridgehead atoms. The Morgan fingerprint density at radius 1 is 1.50 bits per heavy atom. The lowest BCUT2D eigenvalue weighted by Crippen LogP contribution is -2.37. The number of carbonyl (C=O) groups is 1. The van der Waals surface area contributed by atoms with E-state index in [1.54, 1.807) is 5.51 Å². The predicted octanol–water partition coefficient (Wildman–Crippen LogP) is 2.26. The molecule has 2 fully saturated rings. The van der Waals surface area contributed by atoms with Crippen LogP contribution in [0.25, 0.3) is 0 Å². The Kier molecular flexibility index (Phi) is 4.05. The summed E-state index contributed by atoms with van der Waals surface area (Å²) in [6, 6.07) is 0. The summed E-state index contributed by atoms with van der Waals surface area (Å²) in [4.78, 5) is 16.8. The monoisotopic (exact) mass is 296 g/mol. The summed E-state index contributed by atoms with van der Waals surface area (Å²) in [6.45, 7) is 2.91. The molecule has 1 N–H and O–H groups in total. The molecule has 0 aromatic carbocycles. The fourth-order valence-corrected chi connectivity index (χ4v) is 3.60. The molecular weight excluding hydrogens is 276 g/mol. The molecule has 0 unspecified atom stereocenters. The highest BCUT2D eigenvalue weighted by Gasteiger charge is 2.42. The van der Waals surface area contributed by atoms with Gasteiger partial charge in [-0.2, -0.15) is 0 Å².